The summed E-state index contributed by atoms with van der Waals surface area (Å²) in [7, 11) is 0. The Balaban J connectivity index is 0.000000196. The van der Waals surface area contributed by atoms with Crippen LogP contribution in [0.15, 0.2) is 134 Å². The van der Waals surface area contributed by atoms with Crippen LogP contribution in [0.5, 0.6) is 0 Å². The maximum absolute atomic E-state index is 7.53. The zero-order valence-corrected chi connectivity index (χ0v) is 44.1. The minimum absolute atomic E-state index is 0. The number of rotatable bonds is 9. The average molecular weight is 1110 g/mol. The van der Waals surface area contributed by atoms with E-state index in [0.29, 0.717) is 17.4 Å². The van der Waals surface area contributed by atoms with E-state index in [9.17, 15) is 0 Å². The number of hydrogen-bond donors (Lipinski definition) is 0. The van der Waals surface area contributed by atoms with Crippen LogP contribution in [0.4, 0.5) is 0 Å². The molecule has 1 aliphatic rings. The molecule has 1 fully saturated rings. The van der Waals surface area contributed by atoms with Gasteiger partial charge >= 0.3 is 154 Å². The molecule has 6 aromatic carbocycles. The second-order valence-electron chi connectivity index (χ2n) is 19.3. The van der Waals surface area contributed by atoms with Gasteiger partial charge in [-0.15, -0.1) is 18.2 Å². The first kappa shape index (κ1) is 43.0. The van der Waals surface area contributed by atoms with E-state index in [2.05, 4.69) is 177 Å². The third kappa shape index (κ3) is 9.91. The summed E-state index contributed by atoms with van der Waals surface area (Å²) < 4.78 is 29.0. The standard InChI is InChI=1S/C37H31N2S.C22H30GeN.Ir/c1-23(2)30-21-26(25-13-6-5-7-14-25)22-31(24(3)4)35(30)39-33-19-10-9-18-32(33)38-37(39)29-17-12-16-28-27-15-8-11-20-34(27)40-36(28)29;1-17-10-12-19(13-11-17)22-15-20(14-18-8-6-5-7-9-18)21(16-24-22)23(2,3)4;/h5-16,18-24H,1-4H3;10-12,15-16,18H,5-9,14H2,1-4H3;/q2*-1;/i;1D3;. The minimum atomic E-state index is -2.09. The molecule has 0 N–H and O–H groups in total. The summed E-state index contributed by atoms with van der Waals surface area (Å²) >= 11 is -0.169. The molecular formula is C59H61GeIrN3S-2. The van der Waals surface area contributed by atoms with Crippen molar-refractivity contribution in [3.05, 3.63) is 168 Å². The molecule has 6 heteroatoms. The van der Waals surface area contributed by atoms with Gasteiger partial charge in [-0.1, -0.05) is 99.3 Å². The van der Waals surface area contributed by atoms with Gasteiger partial charge in [0, 0.05) is 30.5 Å². The van der Waals surface area contributed by atoms with E-state index in [0.717, 1.165) is 46.0 Å². The molecule has 0 atom stereocenters. The summed E-state index contributed by atoms with van der Waals surface area (Å²) in [5, 5.41) is 2.55. The maximum atomic E-state index is 7.53. The fourth-order valence-electron chi connectivity index (χ4n) is 9.67. The Hall–Kier alpha value is -4.65. The van der Waals surface area contributed by atoms with Crippen LogP contribution in [0.2, 0.25) is 17.3 Å². The molecule has 1 radical (unpaired) electrons. The smallest absolute Gasteiger partial charge is 0 e. The van der Waals surface area contributed by atoms with Crippen molar-refractivity contribution in [1.82, 2.24) is 14.5 Å². The van der Waals surface area contributed by atoms with Crippen LogP contribution in [-0.4, -0.2) is 27.8 Å². The van der Waals surface area contributed by atoms with Gasteiger partial charge in [0.2, 0.25) is 0 Å². The van der Waals surface area contributed by atoms with Crippen LogP contribution >= 0.6 is 11.3 Å². The number of hydrogen-bond acceptors (Lipinski definition) is 3. The average Bonchev–Trinajstić information content (AvgIpc) is 3.90. The van der Waals surface area contributed by atoms with E-state index in [1.54, 1.807) is 12.1 Å². The summed E-state index contributed by atoms with van der Waals surface area (Å²) in [6.45, 7) is 7.12. The zero-order valence-electron chi connectivity index (χ0n) is 41.8. The van der Waals surface area contributed by atoms with Crippen molar-refractivity contribution in [3.63, 3.8) is 0 Å². The molecule has 0 amide bonds. The largest absolute Gasteiger partial charge is 0 e. The zero-order chi connectivity index (χ0) is 47.0. The molecule has 0 spiro atoms. The first-order valence-corrected chi connectivity index (χ1v) is 31.4. The molecule has 333 valence electrons. The number of thiophene rings is 1. The number of pyridine rings is 1. The van der Waals surface area contributed by atoms with Crippen molar-refractivity contribution in [2.75, 3.05) is 0 Å². The molecule has 3 aromatic heterocycles. The van der Waals surface area contributed by atoms with Gasteiger partial charge in [-0.3, -0.25) is 4.98 Å². The van der Waals surface area contributed by atoms with Crippen LogP contribution in [0.1, 0.15) is 98.0 Å². The number of aromatic nitrogens is 3. The molecule has 3 nitrogen and oxygen atoms in total. The second-order valence-corrected chi connectivity index (χ2v) is 30.9. The number of benzene rings is 6. The minimum Gasteiger partial charge on any atom is 0 e. The van der Waals surface area contributed by atoms with Gasteiger partial charge in [0.1, 0.15) is 0 Å². The van der Waals surface area contributed by atoms with Gasteiger partial charge in [-0.25, -0.2) is 0 Å². The Bertz CT molecular complexity index is 3150. The maximum Gasteiger partial charge on any atom is 0 e. The first-order chi connectivity index (χ1) is 32.2. The van der Waals surface area contributed by atoms with Crippen molar-refractivity contribution in [2.24, 2.45) is 5.92 Å². The first-order valence-electron chi connectivity index (χ1n) is 24.7. The van der Waals surface area contributed by atoms with Crippen LogP contribution in [0.25, 0.3) is 70.7 Å². The van der Waals surface area contributed by atoms with Gasteiger partial charge in [0.15, 0.2) is 0 Å². The van der Waals surface area contributed by atoms with Gasteiger partial charge in [-0.2, -0.15) is 11.3 Å². The fourth-order valence-corrected chi connectivity index (χ4v) is 14.2. The molecule has 0 unspecified atom stereocenters. The normalized spacial score (nSPS) is 14.3. The van der Waals surface area contributed by atoms with Crippen LogP contribution in [-0.2, 0) is 26.5 Å². The number of imidazole rings is 1. The monoisotopic (exact) mass is 1110 g/mol. The number of aryl methyl sites for hydroxylation is 1. The molecule has 1 aliphatic carbocycles. The van der Waals surface area contributed by atoms with E-state index in [-0.39, 0.29) is 20.1 Å². The molecule has 0 aliphatic heterocycles. The number of para-hydroxylation sites is 2. The summed E-state index contributed by atoms with van der Waals surface area (Å²) in [5.74, 6) is 9.69. The van der Waals surface area contributed by atoms with Crippen molar-refractivity contribution in [2.45, 2.75) is 102 Å². The van der Waals surface area contributed by atoms with Crippen molar-refractivity contribution in [3.8, 4) is 39.5 Å². The van der Waals surface area contributed by atoms with E-state index < -0.39 is 20.1 Å². The summed E-state index contributed by atoms with van der Waals surface area (Å²) in [6, 6.07) is 51.1. The van der Waals surface area contributed by atoms with Crippen LogP contribution in [0.3, 0.4) is 0 Å². The third-order valence-corrected chi connectivity index (χ3v) is 18.5. The molecule has 3 heterocycles. The molecule has 65 heavy (non-hydrogen) atoms. The van der Waals surface area contributed by atoms with E-state index in [4.69, 9.17) is 14.1 Å². The fraction of sp³-hybridized carbons (Fsp3) is 0.288. The topological polar surface area (TPSA) is 30.7 Å². The summed E-state index contributed by atoms with van der Waals surface area (Å²) in [6.07, 6.45) is 10.0. The Morgan fingerprint density at radius 2 is 1.48 bits per heavy atom. The molecular weight excluding hydrogens is 1050 g/mol. The van der Waals surface area contributed by atoms with Gasteiger partial charge in [0.05, 0.1) is 16.9 Å². The van der Waals surface area contributed by atoms with Crippen LogP contribution in [0, 0.1) is 24.9 Å². The number of nitrogens with zero attached hydrogens (tertiary/aromatic N) is 3. The van der Waals surface area contributed by atoms with E-state index >= 15 is 0 Å². The van der Waals surface area contributed by atoms with Crippen LogP contribution < -0.4 is 4.40 Å². The SMILES string of the molecule is CC(C)c1cc(-c2ccccc2)cc(C(C)C)c1-n1c(-c2[c-]ccc3c2sc2ccccc23)nc2ccccc21.[2H]C([2H])([2H])c1c[c-]c(-c2cc(CC3CCCCC3)[c]([Ge]([CH3])([CH3])[CH3])cn2)cc1.[Ir]. The number of fused-ring (bicyclic) bond motifs is 4. The molecule has 0 saturated heterocycles. The second kappa shape index (κ2) is 20.1. The predicted molar refractivity (Wildman–Crippen MR) is 278 cm³/mol. The predicted octanol–water partition coefficient (Wildman–Crippen LogP) is 16.3. The van der Waals surface area contributed by atoms with Crippen molar-refractivity contribution < 1.29 is 24.2 Å². The summed E-state index contributed by atoms with van der Waals surface area (Å²) in [5.41, 5.74) is 13.2. The van der Waals surface area contributed by atoms with Gasteiger partial charge < -0.3 is 4.57 Å². The molecule has 9 aromatic rings. The van der Waals surface area contributed by atoms with E-state index in [1.807, 2.05) is 17.4 Å². The van der Waals surface area contributed by atoms with E-state index in [1.165, 1.54) is 90.2 Å². The molecule has 10 rings (SSSR count). The Labute approximate surface area is 411 Å². The molecule has 1 saturated carbocycles. The third-order valence-electron chi connectivity index (χ3n) is 13.0. The van der Waals surface area contributed by atoms with Crippen molar-refractivity contribution >= 4 is 60.2 Å². The Morgan fingerprint density at radius 3 is 2.17 bits per heavy atom. The Kier molecular flexibility index (Phi) is 13.3. The van der Waals surface area contributed by atoms with Gasteiger partial charge in [-0.05, 0) is 74.5 Å². The van der Waals surface area contributed by atoms with Gasteiger partial charge in [0.25, 0.3) is 0 Å². The molecule has 0 bridgehead atoms. The quantitative estimate of drug-likeness (QED) is 0.107. The van der Waals surface area contributed by atoms with Crippen molar-refractivity contribution in [1.29, 1.82) is 0 Å². The Morgan fingerprint density at radius 1 is 0.769 bits per heavy atom. The summed E-state index contributed by atoms with van der Waals surface area (Å²) in [4.78, 5) is 10.0.